The average molecular weight is 494 g/mol. The molecule has 0 nitrogen and oxygen atoms in total. The highest BCUT2D eigenvalue weighted by atomic mass is 31.2. The van der Waals surface area contributed by atoms with E-state index in [4.69, 9.17) is 0 Å². The number of unbranched alkanes of at least 4 members (excludes halogenated alkanes) is 1. The molecular formula is C34H54P+. The van der Waals surface area contributed by atoms with Gasteiger partial charge in [-0.25, -0.2) is 0 Å². The van der Waals surface area contributed by atoms with Gasteiger partial charge < -0.3 is 0 Å². The van der Waals surface area contributed by atoms with Gasteiger partial charge >= 0.3 is 0 Å². The van der Waals surface area contributed by atoms with Crippen molar-refractivity contribution in [3.8, 4) is 0 Å². The maximum atomic E-state index is 2.60. The highest BCUT2D eigenvalue weighted by Crippen LogP contribution is 2.83. The lowest BCUT2D eigenvalue weighted by Gasteiger charge is -2.50. The zero-order chi connectivity index (χ0) is 24.3. The van der Waals surface area contributed by atoms with E-state index in [1.165, 1.54) is 89.0 Å². The summed E-state index contributed by atoms with van der Waals surface area (Å²) >= 11 is 0. The maximum absolute atomic E-state index is 2.60. The van der Waals surface area contributed by atoms with Crippen molar-refractivity contribution in [3.63, 3.8) is 0 Å². The molecular weight excluding hydrogens is 439 g/mol. The largest absolute Gasteiger partial charge is 0.0755 e. The number of hydrogen-bond donors (Lipinski definition) is 0. The zero-order valence-electron chi connectivity index (χ0n) is 23.2. The third-order valence-corrected chi connectivity index (χ3v) is 16.4. The molecule has 0 radical (unpaired) electrons. The number of hydrogen-bond acceptors (Lipinski definition) is 0. The van der Waals surface area contributed by atoms with Crippen LogP contribution in [0.1, 0.15) is 141 Å². The van der Waals surface area contributed by atoms with Crippen molar-refractivity contribution in [2.75, 3.05) is 0 Å². The molecule has 4 rings (SSSR count). The highest BCUT2D eigenvalue weighted by molar-refractivity contribution is 7.81. The van der Waals surface area contributed by atoms with Crippen LogP contribution < -0.4 is 0 Å². The first kappa shape index (κ1) is 27.2. The molecule has 0 atom stereocenters. The van der Waals surface area contributed by atoms with Crippen LogP contribution >= 0.6 is 7.26 Å². The average Bonchev–Trinajstić information content (AvgIpc) is 2.94. The second kappa shape index (κ2) is 14.2. The lowest BCUT2D eigenvalue weighted by atomic mass is 9.98. The van der Waals surface area contributed by atoms with Crippen molar-refractivity contribution in [2.24, 2.45) is 0 Å². The summed E-state index contributed by atoms with van der Waals surface area (Å²) in [7, 11) is -1.23. The summed E-state index contributed by atoms with van der Waals surface area (Å²) in [5.41, 5.74) is 6.26. The monoisotopic (exact) mass is 493 g/mol. The fourth-order valence-electron chi connectivity index (χ4n) is 8.21. The van der Waals surface area contributed by atoms with Gasteiger partial charge in [0.2, 0.25) is 0 Å². The molecule has 1 heteroatoms. The predicted molar refractivity (Wildman–Crippen MR) is 160 cm³/mol. The standard InChI is InChI=1S/C34H54P/c1-3-5-26-34(30(4-2)28-27-29-18-10-6-11-19-29)35(31-20-12-7-13-21-31,32-22-14-8-15-23-32)33-24-16-9-17-25-33/h6,10-11,18-19,27-28,31-33H,3-5,7-9,12-17,20-26H2,1-2H3/q+1/b28-27+,34-30-. The van der Waals surface area contributed by atoms with Gasteiger partial charge in [0.15, 0.2) is 0 Å². The van der Waals surface area contributed by atoms with E-state index in [1.54, 1.807) is 44.1 Å². The van der Waals surface area contributed by atoms with Crippen LogP contribution in [0.25, 0.3) is 6.08 Å². The zero-order valence-corrected chi connectivity index (χ0v) is 24.1. The van der Waals surface area contributed by atoms with Gasteiger partial charge in [0.1, 0.15) is 0 Å². The third-order valence-electron chi connectivity index (χ3n) is 9.80. The number of allylic oxidation sites excluding steroid dienone is 3. The highest BCUT2D eigenvalue weighted by Gasteiger charge is 2.59. The Morgan fingerprint density at radius 2 is 1.20 bits per heavy atom. The Balaban J connectivity index is 1.88. The Morgan fingerprint density at radius 1 is 0.714 bits per heavy atom. The lowest BCUT2D eigenvalue weighted by molar-refractivity contribution is 0.452. The summed E-state index contributed by atoms with van der Waals surface area (Å²) < 4.78 is 0. The molecule has 1 aromatic carbocycles. The van der Waals surface area contributed by atoms with E-state index < -0.39 is 7.26 Å². The van der Waals surface area contributed by atoms with Crippen LogP contribution in [0.2, 0.25) is 0 Å². The molecule has 0 unspecified atom stereocenters. The van der Waals surface area contributed by atoms with Gasteiger partial charge in [0, 0.05) is 6.42 Å². The van der Waals surface area contributed by atoms with Gasteiger partial charge in [-0.3, -0.25) is 0 Å². The van der Waals surface area contributed by atoms with Crippen LogP contribution in [0.15, 0.2) is 47.3 Å². The summed E-state index contributed by atoms with van der Waals surface area (Å²) in [5.74, 6) is 0. The summed E-state index contributed by atoms with van der Waals surface area (Å²) in [6.45, 7) is 4.89. The molecule has 35 heavy (non-hydrogen) atoms. The predicted octanol–water partition coefficient (Wildman–Crippen LogP) is 11.6. The SMILES string of the molecule is CCCC/C(=C(/C=C/c1ccccc1)CC)[P+](C1CCCCC1)(C1CCCCC1)C1CCCCC1. The second-order valence-corrected chi connectivity index (χ2v) is 16.3. The van der Waals surface area contributed by atoms with E-state index in [0.29, 0.717) is 0 Å². The molecule has 3 aliphatic carbocycles. The molecule has 0 N–H and O–H groups in total. The molecule has 0 spiro atoms. The van der Waals surface area contributed by atoms with Crippen molar-refractivity contribution in [2.45, 2.75) is 153 Å². The van der Waals surface area contributed by atoms with E-state index in [1.807, 2.05) is 0 Å². The first-order valence-electron chi connectivity index (χ1n) is 15.6. The Morgan fingerprint density at radius 3 is 1.63 bits per heavy atom. The Bertz CT molecular complexity index is 740. The fraction of sp³-hybridized carbons (Fsp3) is 0.706. The Labute approximate surface area is 218 Å². The first-order valence-corrected chi connectivity index (χ1v) is 17.6. The van der Waals surface area contributed by atoms with E-state index in [2.05, 4.69) is 61.6 Å². The summed E-state index contributed by atoms with van der Waals surface area (Å²) in [5, 5.41) is 2.07. The molecule has 0 saturated heterocycles. The quantitative estimate of drug-likeness (QED) is 0.224. The molecule has 0 aliphatic heterocycles. The maximum Gasteiger partial charge on any atom is 0.0755 e. The van der Waals surface area contributed by atoms with Gasteiger partial charge in [0.05, 0.1) is 29.6 Å². The fourth-order valence-corrected chi connectivity index (χ4v) is 16.3. The second-order valence-electron chi connectivity index (χ2n) is 11.9. The van der Waals surface area contributed by atoms with Crippen LogP contribution in [0.5, 0.6) is 0 Å². The van der Waals surface area contributed by atoms with Gasteiger partial charge in [0.25, 0.3) is 0 Å². The Kier molecular flexibility index (Phi) is 11.0. The molecule has 1 aromatic rings. The van der Waals surface area contributed by atoms with Crippen LogP contribution in [0.4, 0.5) is 0 Å². The molecule has 3 saturated carbocycles. The van der Waals surface area contributed by atoms with Gasteiger partial charge in [-0.05, 0) is 101 Å². The van der Waals surface area contributed by atoms with Gasteiger partial charge in [-0.2, -0.15) is 0 Å². The van der Waals surface area contributed by atoms with Crippen LogP contribution in [0, 0.1) is 0 Å². The van der Waals surface area contributed by atoms with E-state index >= 15 is 0 Å². The Hall–Kier alpha value is -0.870. The van der Waals surface area contributed by atoms with E-state index in [-0.39, 0.29) is 0 Å². The van der Waals surface area contributed by atoms with Crippen molar-refractivity contribution in [3.05, 3.63) is 52.9 Å². The molecule has 3 aliphatic rings. The normalized spacial score (nSPS) is 22.5. The molecule has 0 aromatic heterocycles. The minimum Gasteiger partial charge on any atom is -0.0654 e. The van der Waals surface area contributed by atoms with E-state index in [9.17, 15) is 0 Å². The smallest absolute Gasteiger partial charge is 0.0654 e. The summed E-state index contributed by atoms with van der Waals surface area (Å²) in [4.78, 5) is 0. The van der Waals surface area contributed by atoms with Crippen LogP contribution in [-0.4, -0.2) is 17.0 Å². The summed E-state index contributed by atoms with van der Waals surface area (Å²) in [6.07, 6.45) is 33.2. The van der Waals surface area contributed by atoms with Gasteiger partial charge in [-0.1, -0.05) is 82.0 Å². The van der Waals surface area contributed by atoms with Crippen LogP contribution in [0.3, 0.4) is 0 Å². The number of benzene rings is 1. The third kappa shape index (κ3) is 6.53. The van der Waals surface area contributed by atoms with Gasteiger partial charge in [-0.15, -0.1) is 0 Å². The van der Waals surface area contributed by atoms with Crippen LogP contribution in [-0.2, 0) is 0 Å². The number of rotatable bonds is 10. The molecule has 0 heterocycles. The van der Waals surface area contributed by atoms with Crippen molar-refractivity contribution >= 4 is 13.3 Å². The van der Waals surface area contributed by atoms with Crippen molar-refractivity contribution in [1.29, 1.82) is 0 Å². The minimum atomic E-state index is -1.23. The van der Waals surface area contributed by atoms with Crippen molar-refractivity contribution < 1.29 is 0 Å². The van der Waals surface area contributed by atoms with Crippen molar-refractivity contribution in [1.82, 2.24) is 0 Å². The van der Waals surface area contributed by atoms with E-state index in [0.717, 1.165) is 17.0 Å². The first-order chi connectivity index (χ1) is 17.3. The topological polar surface area (TPSA) is 0 Å². The molecule has 194 valence electrons. The lowest BCUT2D eigenvalue weighted by Crippen LogP contribution is -2.37. The molecule has 0 amide bonds. The minimum absolute atomic E-state index is 1.04. The molecule has 0 bridgehead atoms. The molecule has 3 fully saturated rings. The summed E-state index contributed by atoms with van der Waals surface area (Å²) in [6, 6.07) is 11.1.